The molecule has 0 N–H and O–H groups in total. The minimum Gasteiger partial charge on any atom is -0.238 e. The van der Waals surface area contributed by atoms with Crippen molar-refractivity contribution in [3.63, 3.8) is 0 Å². The molecule has 3 heterocycles. The lowest BCUT2D eigenvalue weighted by Gasteiger charge is -2.12. The molecule has 294 valence electrons. The molecule has 5 aromatic rings. The van der Waals surface area contributed by atoms with Crippen LogP contribution >= 0.6 is 22.7 Å². The fourth-order valence-electron chi connectivity index (χ4n) is 7.25. The van der Waals surface area contributed by atoms with Crippen molar-refractivity contribution in [1.29, 1.82) is 0 Å². The number of unbranched alkanes of at least 4 members (excludes halogenated alkanes) is 18. The molecule has 10 heteroatoms. The van der Waals surface area contributed by atoms with Crippen LogP contribution in [0.4, 0.5) is 26.3 Å². The van der Waals surface area contributed by atoms with Gasteiger partial charge in [-0.25, -0.2) is 36.3 Å². The van der Waals surface area contributed by atoms with E-state index in [0.29, 0.717) is 12.8 Å². The molecule has 5 rings (SSSR count). The van der Waals surface area contributed by atoms with Gasteiger partial charge in [0.15, 0.2) is 34.9 Å². The van der Waals surface area contributed by atoms with Crippen LogP contribution in [0.2, 0.25) is 0 Å². The molecular formula is C44H54F6N2S2. The molecular weight excluding hydrogens is 735 g/mol. The Kier molecular flexibility index (Phi) is 16.7. The summed E-state index contributed by atoms with van der Waals surface area (Å²) < 4.78 is 94.2. The molecule has 0 atom stereocenters. The predicted molar refractivity (Wildman–Crippen MR) is 215 cm³/mol. The highest BCUT2D eigenvalue weighted by Gasteiger charge is 2.29. The van der Waals surface area contributed by atoms with Crippen LogP contribution < -0.4 is 0 Å². The molecule has 0 saturated heterocycles. The second-order valence-corrected chi connectivity index (χ2v) is 16.6. The number of hydrogen-bond donors (Lipinski definition) is 0. The number of benzene rings is 2. The Morgan fingerprint density at radius 3 is 1.02 bits per heavy atom. The zero-order chi connectivity index (χ0) is 38.5. The number of rotatable bonds is 24. The molecule has 0 aliphatic heterocycles. The van der Waals surface area contributed by atoms with Crippen LogP contribution in [0.3, 0.4) is 0 Å². The lowest BCUT2D eigenvalue weighted by atomic mass is 10.0. The van der Waals surface area contributed by atoms with Gasteiger partial charge in [-0.15, -0.1) is 22.7 Å². The van der Waals surface area contributed by atoms with E-state index in [1.54, 1.807) is 22.9 Å². The number of nitrogens with zero attached hydrogens (tertiary/aromatic N) is 2. The molecule has 3 aromatic heterocycles. The largest absolute Gasteiger partial charge is 0.238 e. The van der Waals surface area contributed by atoms with E-state index in [-0.39, 0.29) is 9.75 Å². The van der Waals surface area contributed by atoms with E-state index in [1.165, 1.54) is 89.9 Å². The Morgan fingerprint density at radius 2 is 0.685 bits per heavy atom. The SMILES string of the molecule is CCCCCCCCCCCCc1csc(-c2c(F)c(F)c3nc4c(F)c(-c5cc(CCCCCCCCCCCC)cs5)c(F)c(F)c4nc3c2F)c1. The molecule has 0 unspecified atom stereocenters. The van der Waals surface area contributed by atoms with E-state index in [9.17, 15) is 0 Å². The summed E-state index contributed by atoms with van der Waals surface area (Å²) in [7, 11) is 0. The fraction of sp³-hybridized carbons (Fsp3) is 0.545. The number of thiophene rings is 2. The Morgan fingerprint density at radius 1 is 0.389 bits per heavy atom. The lowest BCUT2D eigenvalue weighted by molar-refractivity contribution is 0.503. The maximum atomic E-state index is 16.0. The summed E-state index contributed by atoms with van der Waals surface area (Å²) in [6, 6.07) is 3.25. The molecule has 2 nitrogen and oxygen atoms in total. The van der Waals surface area contributed by atoms with E-state index in [4.69, 9.17) is 0 Å². The van der Waals surface area contributed by atoms with Crippen molar-refractivity contribution in [2.75, 3.05) is 0 Å². The van der Waals surface area contributed by atoms with Gasteiger partial charge in [0.25, 0.3) is 0 Å². The summed E-state index contributed by atoms with van der Waals surface area (Å²) in [4.78, 5) is 7.97. The van der Waals surface area contributed by atoms with Gasteiger partial charge in [0.05, 0.1) is 11.1 Å². The highest BCUT2D eigenvalue weighted by atomic mass is 32.1. The van der Waals surface area contributed by atoms with Gasteiger partial charge in [-0.05, 0) is 59.7 Å². The monoisotopic (exact) mass is 788 g/mol. The summed E-state index contributed by atoms with van der Waals surface area (Å²) in [6.45, 7) is 4.42. The minimum atomic E-state index is -1.53. The highest BCUT2D eigenvalue weighted by Crippen LogP contribution is 2.40. The van der Waals surface area contributed by atoms with E-state index < -0.39 is 68.1 Å². The Balaban J connectivity index is 1.26. The van der Waals surface area contributed by atoms with Gasteiger partial charge in [0.2, 0.25) is 0 Å². The standard InChI is InChI=1S/C44H54F6N2S2/c1-3-5-7-9-11-13-15-17-19-21-23-29-25-31(53-27-29)33-35(45)39(49)43-41(37(33)47)51-44-40(50)36(46)34(38(48)42(44)52-43)32-26-30(28-54-32)24-22-20-18-16-14-12-10-8-6-4-2/h25-28H,3-24H2,1-2H3. The van der Waals surface area contributed by atoms with Crippen LogP contribution in [0.25, 0.3) is 42.9 Å². The maximum absolute atomic E-state index is 16.0. The van der Waals surface area contributed by atoms with Crippen LogP contribution in [0, 0.1) is 34.9 Å². The molecule has 0 spiro atoms. The first-order valence-corrected chi connectivity index (χ1v) is 22.0. The number of halogens is 6. The summed E-state index contributed by atoms with van der Waals surface area (Å²) in [5.74, 6) is -8.55. The minimum absolute atomic E-state index is 0.147. The maximum Gasteiger partial charge on any atom is 0.187 e. The van der Waals surface area contributed by atoms with Crippen molar-refractivity contribution in [2.45, 2.75) is 155 Å². The third-order valence-electron chi connectivity index (χ3n) is 10.4. The van der Waals surface area contributed by atoms with Crippen LogP contribution in [0.15, 0.2) is 22.9 Å². The van der Waals surface area contributed by atoms with Crippen LogP contribution in [-0.4, -0.2) is 9.97 Å². The molecule has 0 fully saturated rings. The smallest absolute Gasteiger partial charge is 0.187 e. The van der Waals surface area contributed by atoms with E-state index in [1.807, 2.05) is 0 Å². The zero-order valence-electron chi connectivity index (χ0n) is 31.8. The molecule has 0 amide bonds. The van der Waals surface area contributed by atoms with E-state index in [0.717, 1.165) is 72.3 Å². The molecule has 2 aromatic carbocycles. The number of aryl methyl sites for hydroxylation is 2. The van der Waals surface area contributed by atoms with Crippen molar-refractivity contribution in [3.8, 4) is 20.9 Å². The Labute approximate surface area is 324 Å². The molecule has 54 heavy (non-hydrogen) atoms. The Bertz CT molecular complexity index is 1810. The summed E-state index contributed by atoms with van der Waals surface area (Å²) in [6.07, 6.45) is 25.2. The molecule has 0 bridgehead atoms. The first-order valence-electron chi connectivity index (χ1n) is 20.3. The van der Waals surface area contributed by atoms with Crippen molar-refractivity contribution in [3.05, 3.63) is 68.9 Å². The van der Waals surface area contributed by atoms with Gasteiger partial charge in [0.1, 0.15) is 22.1 Å². The van der Waals surface area contributed by atoms with E-state index in [2.05, 4.69) is 23.8 Å². The predicted octanol–water partition coefficient (Wildman–Crippen LogP) is 16.0. The fourth-order valence-corrected chi connectivity index (χ4v) is 9.21. The van der Waals surface area contributed by atoms with Gasteiger partial charge < -0.3 is 0 Å². The number of aromatic nitrogens is 2. The first-order chi connectivity index (χ1) is 26.3. The normalized spacial score (nSPS) is 11.9. The van der Waals surface area contributed by atoms with E-state index >= 15 is 26.3 Å². The van der Waals surface area contributed by atoms with Gasteiger partial charge in [0, 0.05) is 9.75 Å². The lowest BCUT2D eigenvalue weighted by Crippen LogP contribution is -2.05. The van der Waals surface area contributed by atoms with Gasteiger partial charge in [-0.1, -0.05) is 129 Å². The Hall–Kier alpha value is -2.98. The van der Waals surface area contributed by atoms with Gasteiger partial charge >= 0.3 is 0 Å². The number of fused-ring (bicyclic) bond motifs is 2. The molecule has 0 aliphatic rings. The summed E-state index contributed by atoms with van der Waals surface area (Å²) in [5.41, 5.74) is -2.90. The average Bonchev–Trinajstić information content (AvgIpc) is 3.84. The summed E-state index contributed by atoms with van der Waals surface area (Å²) in [5, 5.41) is 3.57. The molecule has 0 radical (unpaired) electrons. The number of hydrogen-bond acceptors (Lipinski definition) is 4. The second kappa shape index (κ2) is 21.4. The summed E-state index contributed by atoms with van der Waals surface area (Å²) >= 11 is 2.13. The molecule has 0 saturated carbocycles. The first kappa shape index (κ1) is 42.2. The third kappa shape index (κ3) is 10.7. The van der Waals surface area contributed by atoms with Gasteiger partial charge in [-0.2, -0.15) is 0 Å². The van der Waals surface area contributed by atoms with Gasteiger partial charge in [-0.3, -0.25) is 0 Å². The van der Waals surface area contributed by atoms with Crippen molar-refractivity contribution >= 4 is 44.7 Å². The van der Waals surface area contributed by atoms with Crippen molar-refractivity contribution < 1.29 is 26.3 Å². The third-order valence-corrected chi connectivity index (χ3v) is 12.4. The zero-order valence-corrected chi connectivity index (χ0v) is 33.5. The van der Waals surface area contributed by atoms with Crippen molar-refractivity contribution in [2.24, 2.45) is 0 Å². The van der Waals surface area contributed by atoms with Crippen LogP contribution in [0.1, 0.15) is 153 Å². The average molecular weight is 789 g/mol. The topological polar surface area (TPSA) is 25.8 Å². The quantitative estimate of drug-likeness (QED) is 0.0269. The van der Waals surface area contributed by atoms with Crippen molar-refractivity contribution in [1.82, 2.24) is 9.97 Å². The second-order valence-electron chi connectivity index (χ2n) is 14.8. The molecule has 0 aliphatic carbocycles. The van der Waals surface area contributed by atoms with Crippen LogP contribution in [-0.2, 0) is 12.8 Å². The van der Waals surface area contributed by atoms with Crippen LogP contribution in [0.5, 0.6) is 0 Å². The highest BCUT2D eigenvalue weighted by molar-refractivity contribution is 7.14.